The molecule has 0 unspecified atom stereocenters. The fourth-order valence-electron chi connectivity index (χ4n) is 2.94. The van der Waals surface area contributed by atoms with Crippen LogP contribution < -0.4 is 15.5 Å². The average Bonchev–Trinajstić information content (AvgIpc) is 2.68. The average molecular weight is 472 g/mol. The Kier molecular flexibility index (Phi) is 12.1. The Morgan fingerprint density at radius 3 is 2.62 bits per heavy atom. The summed E-state index contributed by atoms with van der Waals surface area (Å²) < 4.78 is 5.34. The van der Waals surface area contributed by atoms with Gasteiger partial charge in [-0.15, -0.1) is 24.0 Å². The number of nitrogens with one attached hydrogen (secondary N) is 2. The second-order valence-corrected chi connectivity index (χ2v) is 6.13. The van der Waals surface area contributed by atoms with Gasteiger partial charge in [0.15, 0.2) is 5.96 Å². The molecule has 2 rings (SSSR count). The van der Waals surface area contributed by atoms with E-state index < -0.39 is 0 Å². The van der Waals surface area contributed by atoms with E-state index in [0.717, 1.165) is 64.6 Å². The van der Waals surface area contributed by atoms with Crippen LogP contribution in [0, 0.1) is 0 Å². The van der Waals surface area contributed by atoms with E-state index in [9.17, 15) is 0 Å². The van der Waals surface area contributed by atoms with Crippen molar-refractivity contribution in [3.63, 3.8) is 0 Å². The van der Waals surface area contributed by atoms with Crippen LogP contribution in [0.25, 0.3) is 0 Å². The van der Waals surface area contributed by atoms with Crippen LogP contribution in [0.5, 0.6) is 0 Å². The topological polar surface area (TPSA) is 48.9 Å². The van der Waals surface area contributed by atoms with Crippen LogP contribution in [0.4, 0.5) is 5.69 Å². The highest BCUT2D eigenvalue weighted by atomic mass is 127. The van der Waals surface area contributed by atoms with Gasteiger partial charge in [0.1, 0.15) is 0 Å². The van der Waals surface area contributed by atoms with Gasteiger partial charge in [-0.05, 0) is 38.3 Å². The van der Waals surface area contributed by atoms with Crippen molar-refractivity contribution in [1.29, 1.82) is 0 Å². The molecular formula is C20H33IN4O. The molecule has 0 saturated carbocycles. The zero-order chi connectivity index (χ0) is 17.7. The molecule has 146 valence electrons. The molecule has 5 nitrogen and oxygen atoms in total. The second kappa shape index (κ2) is 13.9. The highest BCUT2D eigenvalue weighted by Crippen LogP contribution is 2.13. The normalized spacial score (nSPS) is 14.2. The maximum atomic E-state index is 5.34. The summed E-state index contributed by atoms with van der Waals surface area (Å²) in [5.41, 5.74) is 2.77. The minimum Gasteiger partial charge on any atom is -0.377 e. The van der Waals surface area contributed by atoms with Crippen LogP contribution in [0.3, 0.4) is 0 Å². The van der Waals surface area contributed by atoms with Crippen LogP contribution in [0.15, 0.2) is 47.0 Å². The number of anilines is 1. The Morgan fingerprint density at radius 2 is 1.96 bits per heavy atom. The first-order valence-corrected chi connectivity index (χ1v) is 9.33. The molecule has 0 aliphatic carbocycles. The lowest BCUT2D eigenvalue weighted by Gasteiger charge is -2.23. The zero-order valence-electron chi connectivity index (χ0n) is 16.0. The van der Waals surface area contributed by atoms with Crippen molar-refractivity contribution in [3.8, 4) is 0 Å². The van der Waals surface area contributed by atoms with E-state index in [1.54, 1.807) is 0 Å². The first-order chi connectivity index (χ1) is 12.3. The van der Waals surface area contributed by atoms with Gasteiger partial charge >= 0.3 is 0 Å². The van der Waals surface area contributed by atoms with E-state index in [1.165, 1.54) is 11.3 Å². The van der Waals surface area contributed by atoms with E-state index in [2.05, 4.69) is 63.9 Å². The van der Waals surface area contributed by atoms with Crippen LogP contribution in [0.1, 0.15) is 26.2 Å². The summed E-state index contributed by atoms with van der Waals surface area (Å²) >= 11 is 0. The molecule has 6 heteroatoms. The highest BCUT2D eigenvalue weighted by Gasteiger charge is 2.05. The molecule has 1 aromatic carbocycles. The zero-order valence-corrected chi connectivity index (χ0v) is 18.4. The lowest BCUT2D eigenvalue weighted by Crippen LogP contribution is -2.39. The SMILES string of the molecule is CCN(CCCNC(=NC)NCCC1=CCOCC1)c1ccccc1.I. The Hall–Kier alpha value is -1.28. The van der Waals surface area contributed by atoms with Crippen molar-refractivity contribution in [1.82, 2.24) is 10.6 Å². The monoisotopic (exact) mass is 472 g/mol. The van der Waals surface area contributed by atoms with Crippen molar-refractivity contribution in [2.24, 2.45) is 4.99 Å². The van der Waals surface area contributed by atoms with Crippen LogP contribution in [-0.4, -0.2) is 52.4 Å². The summed E-state index contributed by atoms with van der Waals surface area (Å²) in [6.07, 6.45) is 5.39. The van der Waals surface area contributed by atoms with Crippen molar-refractivity contribution >= 4 is 35.6 Å². The summed E-state index contributed by atoms with van der Waals surface area (Å²) in [4.78, 5) is 6.70. The smallest absolute Gasteiger partial charge is 0.190 e. The Balaban J connectivity index is 0.00000338. The molecule has 0 fully saturated rings. The standard InChI is InChI=1S/C20H32N4O.HI/c1-3-24(19-8-5-4-6-9-19)15-7-13-22-20(21-2)23-14-10-18-11-16-25-17-12-18;/h4-6,8-9,11H,3,7,10,12-17H2,1-2H3,(H2,21,22,23);1H. The number of aliphatic imine (C=N–C) groups is 1. The summed E-state index contributed by atoms with van der Waals surface area (Å²) in [6, 6.07) is 10.6. The van der Waals surface area contributed by atoms with Crippen LogP contribution in [0.2, 0.25) is 0 Å². The van der Waals surface area contributed by atoms with Crippen molar-refractivity contribution < 1.29 is 4.74 Å². The molecule has 1 aliphatic heterocycles. The summed E-state index contributed by atoms with van der Waals surface area (Å²) in [6.45, 7) is 7.71. The molecule has 0 amide bonds. The Morgan fingerprint density at radius 1 is 1.19 bits per heavy atom. The predicted molar refractivity (Wildman–Crippen MR) is 122 cm³/mol. The van der Waals surface area contributed by atoms with E-state index in [1.807, 2.05) is 7.05 Å². The Bertz CT molecular complexity index is 548. The minimum absolute atomic E-state index is 0. The van der Waals surface area contributed by atoms with Gasteiger partial charge < -0.3 is 20.3 Å². The molecular weight excluding hydrogens is 439 g/mol. The fraction of sp³-hybridized carbons (Fsp3) is 0.550. The lowest BCUT2D eigenvalue weighted by atomic mass is 10.1. The maximum Gasteiger partial charge on any atom is 0.190 e. The molecule has 1 heterocycles. The van der Waals surface area contributed by atoms with Crippen LogP contribution in [-0.2, 0) is 4.74 Å². The van der Waals surface area contributed by atoms with Crippen molar-refractivity contribution in [3.05, 3.63) is 42.0 Å². The third-order valence-electron chi connectivity index (χ3n) is 4.42. The third kappa shape index (κ3) is 8.40. The van der Waals surface area contributed by atoms with E-state index in [-0.39, 0.29) is 24.0 Å². The number of benzene rings is 1. The van der Waals surface area contributed by atoms with E-state index >= 15 is 0 Å². The number of guanidine groups is 1. The first-order valence-electron chi connectivity index (χ1n) is 9.33. The minimum atomic E-state index is 0. The molecule has 2 N–H and O–H groups in total. The molecule has 0 radical (unpaired) electrons. The van der Waals surface area contributed by atoms with Crippen molar-refractivity contribution in [2.75, 3.05) is 51.3 Å². The van der Waals surface area contributed by atoms with Gasteiger partial charge in [-0.3, -0.25) is 4.99 Å². The lowest BCUT2D eigenvalue weighted by molar-refractivity contribution is 0.153. The molecule has 0 saturated heterocycles. The maximum absolute atomic E-state index is 5.34. The highest BCUT2D eigenvalue weighted by molar-refractivity contribution is 14.0. The number of hydrogen-bond acceptors (Lipinski definition) is 3. The molecule has 1 aliphatic rings. The van der Waals surface area contributed by atoms with Gasteiger partial charge in [0.25, 0.3) is 0 Å². The van der Waals surface area contributed by atoms with Gasteiger partial charge in [-0.1, -0.05) is 29.8 Å². The summed E-state index contributed by atoms with van der Waals surface area (Å²) in [5.74, 6) is 0.885. The van der Waals surface area contributed by atoms with Gasteiger partial charge in [-0.25, -0.2) is 0 Å². The third-order valence-corrected chi connectivity index (χ3v) is 4.42. The first kappa shape index (κ1) is 22.8. The van der Waals surface area contributed by atoms with E-state index in [4.69, 9.17) is 4.74 Å². The predicted octanol–water partition coefficient (Wildman–Crippen LogP) is 3.42. The van der Waals surface area contributed by atoms with Crippen LogP contribution >= 0.6 is 24.0 Å². The number of rotatable bonds is 9. The van der Waals surface area contributed by atoms with Crippen molar-refractivity contribution in [2.45, 2.75) is 26.2 Å². The Labute approximate surface area is 175 Å². The van der Waals surface area contributed by atoms with Gasteiger partial charge in [0, 0.05) is 38.9 Å². The van der Waals surface area contributed by atoms with E-state index in [0.29, 0.717) is 0 Å². The summed E-state index contributed by atoms with van der Waals surface area (Å²) in [5, 5.41) is 6.80. The largest absolute Gasteiger partial charge is 0.377 e. The molecule has 0 bridgehead atoms. The summed E-state index contributed by atoms with van der Waals surface area (Å²) in [7, 11) is 1.82. The van der Waals surface area contributed by atoms with Gasteiger partial charge in [0.05, 0.1) is 13.2 Å². The molecule has 0 atom stereocenters. The number of hydrogen-bond donors (Lipinski definition) is 2. The number of halogens is 1. The second-order valence-electron chi connectivity index (χ2n) is 6.13. The quantitative estimate of drug-likeness (QED) is 0.190. The number of para-hydroxylation sites is 1. The molecule has 26 heavy (non-hydrogen) atoms. The molecule has 1 aromatic rings. The number of nitrogens with zero attached hydrogens (tertiary/aromatic N) is 2. The van der Waals surface area contributed by atoms with Gasteiger partial charge in [0.2, 0.25) is 0 Å². The molecule has 0 aromatic heterocycles. The number of ether oxygens (including phenoxy) is 1. The van der Waals surface area contributed by atoms with Gasteiger partial charge in [-0.2, -0.15) is 0 Å². The fourth-order valence-corrected chi connectivity index (χ4v) is 2.94. The molecule has 0 spiro atoms.